The molecule has 1 aliphatic heterocycles. The van der Waals surface area contributed by atoms with E-state index in [-0.39, 0.29) is 0 Å². The summed E-state index contributed by atoms with van der Waals surface area (Å²) in [6.07, 6.45) is 6.55. The summed E-state index contributed by atoms with van der Waals surface area (Å²) < 4.78 is 2.39. The van der Waals surface area contributed by atoms with Crippen LogP contribution in [0.5, 0.6) is 0 Å². The molecule has 1 atom stereocenters. The van der Waals surface area contributed by atoms with E-state index >= 15 is 0 Å². The van der Waals surface area contributed by atoms with Crippen molar-refractivity contribution < 1.29 is 0 Å². The van der Waals surface area contributed by atoms with Crippen molar-refractivity contribution in [2.24, 2.45) is 5.92 Å². The van der Waals surface area contributed by atoms with E-state index in [2.05, 4.69) is 35.6 Å². The fraction of sp³-hybridized carbons (Fsp3) is 0.769. The molecule has 0 bridgehead atoms. The summed E-state index contributed by atoms with van der Waals surface area (Å²) >= 11 is 0. The first kappa shape index (κ1) is 11.6. The van der Waals surface area contributed by atoms with Gasteiger partial charge in [-0.05, 0) is 12.8 Å². The van der Waals surface area contributed by atoms with Gasteiger partial charge in [-0.15, -0.1) is 0 Å². The molecule has 1 unspecified atom stereocenters. The van der Waals surface area contributed by atoms with Gasteiger partial charge < -0.3 is 9.88 Å². The summed E-state index contributed by atoms with van der Waals surface area (Å²) in [5.74, 6) is 1.44. The Morgan fingerprint density at radius 3 is 2.62 bits per heavy atom. The number of rotatable bonds is 5. The maximum atomic E-state index is 4.33. The molecular weight excluding hydrogens is 198 g/mol. The minimum atomic E-state index is 0.577. The molecule has 1 aromatic rings. The Kier molecular flexibility index (Phi) is 3.64. The van der Waals surface area contributed by atoms with Gasteiger partial charge in [0.2, 0.25) is 0 Å². The lowest BCUT2D eigenvalue weighted by molar-refractivity contribution is 0.313. The maximum Gasteiger partial charge on any atom is 0.0950 e. The Bertz CT molecular complexity index is 324. The van der Waals surface area contributed by atoms with Gasteiger partial charge in [0.05, 0.1) is 6.33 Å². The average Bonchev–Trinajstić information content (AvgIpc) is 2.65. The zero-order chi connectivity index (χ0) is 11.5. The van der Waals surface area contributed by atoms with Gasteiger partial charge in [0.15, 0.2) is 0 Å². The Labute approximate surface area is 98.3 Å². The van der Waals surface area contributed by atoms with Crippen molar-refractivity contribution in [3.8, 4) is 0 Å². The molecule has 0 aliphatic carbocycles. The van der Waals surface area contributed by atoms with Gasteiger partial charge in [-0.25, -0.2) is 4.98 Å². The normalized spacial score (nSPS) is 18.8. The highest BCUT2D eigenvalue weighted by Crippen LogP contribution is 2.29. The first-order chi connectivity index (χ1) is 7.77. The highest BCUT2D eigenvalue weighted by molar-refractivity contribution is 5.12. The van der Waals surface area contributed by atoms with Crippen LogP contribution >= 0.6 is 0 Å². The molecule has 3 heteroatoms. The monoisotopic (exact) mass is 221 g/mol. The molecule has 1 aromatic heterocycles. The molecule has 0 spiro atoms. The largest absolute Gasteiger partial charge is 0.331 e. The zero-order valence-corrected chi connectivity index (χ0v) is 10.6. The van der Waals surface area contributed by atoms with Crippen molar-refractivity contribution in [3.63, 3.8) is 0 Å². The summed E-state index contributed by atoms with van der Waals surface area (Å²) in [4.78, 5) is 4.33. The first-order valence-electron chi connectivity index (χ1n) is 6.50. The molecule has 1 saturated heterocycles. The van der Waals surface area contributed by atoms with Crippen LogP contribution in [0.2, 0.25) is 0 Å². The van der Waals surface area contributed by atoms with Gasteiger partial charge in [0.1, 0.15) is 0 Å². The molecule has 0 aromatic carbocycles. The maximum absolute atomic E-state index is 4.33. The van der Waals surface area contributed by atoms with Crippen LogP contribution in [0.25, 0.3) is 0 Å². The number of imidazole rings is 1. The predicted octanol–water partition coefficient (Wildman–Crippen LogP) is 2.57. The van der Waals surface area contributed by atoms with Gasteiger partial charge in [0.25, 0.3) is 0 Å². The van der Waals surface area contributed by atoms with Crippen LogP contribution in [0.3, 0.4) is 0 Å². The van der Waals surface area contributed by atoms with Gasteiger partial charge in [-0.2, -0.15) is 0 Å². The molecule has 2 heterocycles. The molecular formula is C13H23N3. The number of hydrogen-bond donors (Lipinski definition) is 1. The molecule has 0 amide bonds. The van der Waals surface area contributed by atoms with Crippen LogP contribution in [0.4, 0.5) is 0 Å². The van der Waals surface area contributed by atoms with Crippen LogP contribution in [0, 0.1) is 5.92 Å². The highest BCUT2D eigenvalue weighted by Gasteiger charge is 2.25. The summed E-state index contributed by atoms with van der Waals surface area (Å²) in [5.41, 5.74) is 1.41. The average molecular weight is 221 g/mol. The molecule has 1 fully saturated rings. The van der Waals surface area contributed by atoms with Gasteiger partial charge in [-0.3, -0.25) is 0 Å². The molecule has 0 saturated carbocycles. The number of nitrogens with zero attached hydrogens (tertiary/aromatic N) is 2. The molecule has 2 rings (SSSR count). The number of hydrogen-bond acceptors (Lipinski definition) is 2. The zero-order valence-electron chi connectivity index (χ0n) is 10.6. The third-order valence-electron chi connectivity index (χ3n) is 4.07. The second-order valence-corrected chi connectivity index (χ2v) is 4.90. The summed E-state index contributed by atoms with van der Waals surface area (Å²) in [5, 5.41) is 3.33. The molecule has 16 heavy (non-hydrogen) atoms. The fourth-order valence-corrected chi connectivity index (χ4v) is 2.67. The van der Waals surface area contributed by atoms with Crippen LogP contribution in [-0.2, 0) is 0 Å². The van der Waals surface area contributed by atoms with E-state index < -0.39 is 0 Å². The second kappa shape index (κ2) is 5.00. The molecule has 90 valence electrons. The van der Waals surface area contributed by atoms with E-state index in [0.29, 0.717) is 12.0 Å². The van der Waals surface area contributed by atoms with Crippen LogP contribution in [-0.4, -0.2) is 22.6 Å². The van der Waals surface area contributed by atoms with E-state index in [9.17, 15) is 0 Å². The Balaban J connectivity index is 2.15. The van der Waals surface area contributed by atoms with Crippen molar-refractivity contribution in [1.29, 1.82) is 0 Å². The number of nitrogens with one attached hydrogen (secondary N) is 1. The molecule has 3 nitrogen and oxygen atoms in total. The topological polar surface area (TPSA) is 29.9 Å². The van der Waals surface area contributed by atoms with Gasteiger partial charge in [0, 0.05) is 36.9 Å². The Morgan fingerprint density at radius 1 is 1.44 bits per heavy atom. The third kappa shape index (κ3) is 2.01. The first-order valence-corrected chi connectivity index (χ1v) is 6.50. The standard InChI is InChI=1S/C13H23N3/c1-4-11(5-2)10(3)16-9-15-8-13(16)12-6-14-7-12/h8-12,14H,4-7H2,1-3H3. The summed E-state index contributed by atoms with van der Waals surface area (Å²) in [6, 6.07) is 0.577. The highest BCUT2D eigenvalue weighted by atomic mass is 15.1. The molecule has 1 N–H and O–H groups in total. The lowest BCUT2D eigenvalue weighted by Gasteiger charge is -2.31. The van der Waals surface area contributed by atoms with E-state index in [1.54, 1.807) is 0 Å². The van der Waals surface area contributed by atoms with Crippen molar-refractivity contribution in [2.75, 3.05) is 13.1 Å². The fourth-order valence-electron chi connectivity index (χ4n) is 2.67. The second-order valence-electron chi connectivity index (χ2n) is 4.90. The third-order valence-corrected chi connectivity index (χ3v) is 4.07. The van der Waals surface area contributed by atoms with Gasteiger partial charge >= 0.3 is 0 Å². The lowest BCUT2D eigenvalue weighted by Crippen LogP contribution is -2.41. The minimum Gasteiger partial charge on any atom is -0.331 e. The predicted molar refractivity (Wildman–Crippen MR) is 66.6 cm³/mol. The van der Waals surface area contributed by atoms with Crippen LogP contribution in [0.1, 0.15) is 51.3 Å². The van der Waals surface area contributed by atoms with Crippen molar-refractivity contribution in [3.05, 3.63) is 18.2 Å². The number of aromatic nitrogens is 2. The van der Waals surface area contributed by atoms with Crippen molar-refractivity contribution >= 4 is 0 Å². The molecule has 1 aliphatic rings. The van der Waals surface area contributed by atoms with Gasteiger partial charge in [-0.1, -0.05) is 26.7 Å². The van der Waals surface area contributed by atoms with Crippen molar-refractivity contribution in [2.45, 2.75) is 45.6 Å². The Morgan fingerprint density at radius 2 is 2.12 bits per heavy atom. The SMILES string of the molecule is CCC(CC)C(C)n1cncc1C1CNC1. The van der Waals surface area contributed by atoms with E-state index in [0.717, 1.165) is 19.0 Å². The lowest BCUT2D eigenvalue weighted by atomic mass is 9.93. The smallest absolute Gasteiger partial charge is 0.0950 e. The minimum absolute atomic E-state index is 0.577. The summed E-state index contributed by atoms with van der Waals surface area (Å²) in [7, 11) is 0. The quantitative estimate of drug-likeness (QED) is 0.828. The van der Waals surface area contributed by atoms with Crippen LogP contribution in [0.15, 0.2) is 12.5 Å². The van der Waals surface area contributed by atoms with E-state index in [1.165, 1.54) is 18.5 Å². The van der Waals surface area contributed by atoms with Crippen LogP contribution < -0.4 is 5.32 Å². The van der Waals surface area contributed by atoms with Crippen molar-refractivity contribution in [1.82, 2.24) is 14.9 Å². The van der Waals surface area contributed by atoms with E-state index in [4.69, 9.17) is 0 Å². The van der Waals surface area contributed by atoms with E-state index in [1.807, 2.05) is 12.5 Å². The Hall–Kier alpha value is -0.830. The molecule has 0 radical (unpaired) electrons. The summed E-state index contributed by atoms with van der Waals surface area (Å²) in [6.45, 7) is 9.12.